The van der Waals surface area contributed by atoms with E-state index in [9.17, 15) is 0 Å². The summed E-state index contributed by atoms with van der Waals surface area (Å²) in [5.41, 5.74) is 4.38. The maximum atomic E-state index is 6.02. The van der Waals surface area contributed by atoms with Gasteiger partial charge in [-0.3, -0.25) is 0 Å². The van der Waals surface area contributed by atoms with E-state index in [-0.39, 0.29) is 6.04 Å². The minimum Gasteiger partial charge on any atom is -0.231 e. The number of anilines is 1. The van der Waals surface area contributed by atoms with Crippen molar-refractivity contribution < 1.29 is 0 Å². The molecular formula is C19H15BrClN3S. The maximum absolute atomic E-state index is 6.02. The zero-order chi connectivity index (χ0) is 17.4. The van der Waals surface area contributed by atoms with Crippen LogP contribution >= 0.6 is 38.9 Å². The van der Waals surface area contributed by atoms with Crippen LogP contribution in [0.1, 0.15) is 29.3 Å². The normalized spacial score (nSPS) is 17.0. The molecule has 0 unspecified atom stereocenters. The molecule has 0 spiro atoms. The van der Waals surface area contributed by atoms with E-state index in [4.69, 9.17) is 16.7 Å². The topological polar surface area (TPSA) is 28.5 Å². The number of aromatic nitrogens is 1. The van der Waals surface area contributed by atoms with E-state index < -0.39 is 0 Å². The van der Waals surface area contributed by atoms with E-state index in [1.807, 2.05) is 42.3 Å². The summed E-state index contributed by atoms with van der Waals surface area (Å²) in [5, 5.41) is 10.7. The Morgan fingerprint density at radius 3 is 2.68 bits per heavy atom. The predicted molar refractivity (Wildman–Crippen MR) is 109 cm³/mol. The summed E-state index contributed by atoms with van der Waals surface area (Å²) in [7, 11) is 0. The molecule has 0 saturated carbocycles. The Bertz CT molecular complexity index is 936. The molecule has 126 valence electrons. The van der Waals surface area contributed by atoms with Crippen molar-refractivity contribution >= 4 is 49.7 Å². The fourth-order valence-electron chi connectivity index (χ4n) is 2.92. The van der Waals surface area contributed by atoms with Gasteiger partial charge in [0.1, 0.15) is 0 Å². The van der Waals surface area contributed by atoms with Crippen LogP contribution in [-0.4, -0.2) is 10.7 Å². The second-order valence-electron chi connectivity index (χ2n) is 5.94. The van der Waals surface area contributed by atoms with Gasteiger partial charge in [-0.15, -0.1) is 11.3 Å². The summed E-state index contributed by atoms with van der Waals surface area (Å²) in [6.07, 6.45) is 0.830. The van der Waals surface area contributed by atoms with Gasteiger partial charge in [0.05, 0.1) is 17.4 Å². The van der Waals surface area contributed by atoms with E-state index >= 15 is 0 Å². The Morgan fingerprint density at radius 1 is 1.20 bits per heavy atom. The first-order chi connectivity index (χ1) is 12.1. The van der Waals surface area contributed by atoms with Gasteiger partial charge in [-0.25, -0.2) is 9.99 Å². The van der Waals surface area contributed by atoms with Gasteiger partial charge in [0, 0.05) is 21.3 Å². The third-order valence-electron chi connectivity index (χ3n) is 4.12. The lowest BCUT2D eigenvalue weighted by molar-refractivity contribution is 0.705. The number of hydrazone groups is 1. The molecule has 2 aromatic carbocycles. The fraction of sp³-hybridized carbons (Fsp3) is 0.158. The summed E-state index contributed by atoms with van der Waals surface area (Å²) in [4.78, 5) is 4.64. The number of hydrogen-bond donors (Lipinski definition) is 0. The summed E-state index contributed by atoms with van der Waals surface area (Å²) >= 11 is 11.2. The molecule has 1 aliphatic rings. The lowest BCUT2D eigenvalue weighted by atomic mass is 9.99. The van der Waals surface area contributed by atoms with Crippen molar-refractivity contribution in [3.63, 3.8) is 0 Å². The largest absolute Gasteiger partial charge is 0.231 e. The SMILES string of the molecule is Cc1csc(N2N=C(c3ccc(Cl)cc3)C[C@H]2c2cccc(Br)c2)n1. The highest BCUT2D eigenvalue weighted by Gasteiger charge is 2.31. The van der Waals surface area contributed by atoms with Crippen LogP contribution in [0.2, 0.25) is 5.02 Å². The van der Waals surface area contributed by atoms with E-state index in [2.05, 4.69) is 44.5 Å². The smallest absolute Gasteiger partial charge is 0.206 e. The van der Waals surface area contributed by atoms with Crippen molar-refractivity contribution in [1.82, 2.24) is 4.98 Å². The van der Waals surface area contributed by atoms with E-state index in [1.54, 1.807) is 11.3 Å². The number of thiazole rings is 1. The summed E-state index contributed by atoms with van der Waals surface area (Å²) in [5.74, 6) is 0. The molecule has 3 nitrogen and oxygen atoms in total. The minimum atomic E-state index is 0.133. The molecule has 1 aromatic heterocycles. The van der Waals surface area contributed by atoms with Crippen LogP contribution in [0.25, 0.3) is 0 Å². The molecular weight excluding hydrogens is 418 g/mol. The predicted octanol–water partition coefficient (Wildman–Crippen LogP) is 6.22. The second-order valence-corrected chi connectivity index (χ2v) is 8.13. The molecule has 1 atom stereocenters. The van der Waals surface area contributed by atoms with E-state index in [0.717, 1.165) is 38.0 Å². The van der Waals surface area contributed by atoms with Crippen LogP contribution in [-0.2, 0) is 0 Å². The van der Waals surface area contributed by atoms with Gasteiger partial charge in [0.2, 0.25) is 5.13 Å². The average molecular weight is 433 g/mol. The average Bonchev–Trinajstić information content (AvgIpc) is 3.22. The van der Waals surface area contributed by atoms with Crippen LogP contribution in [0.3, 0.4) is 0 Å². The van der Waals surface area contributed by atoms with Crippen molar-refractivity contribution in [3.8, 4) is 0 Å². The zero-order valence-electron chi connectivity index (χ0n) is 13.5. The van der Waals surface area contributed by atoms with Crippen molar-refractivity contribution in [2.75, 3.05) is 5.01 Å². The Labute approximate surface area is 164 Å². The molecule has 0 N–H and O–H groups in total. The molecule has 0 bridgehead atoms. The molecule has 25 heavy (non-hydrogen) atoms. The van der Waals surface area contributed by atoms with Gasteiger partial charge < -0.3 is 0 Å². The molecule has 0 fully saturated rings. The van der Waals surface area contributed by atoms with Gasteiger partial charge >= 0.3 is 0 Å². The standard InChI is InChI=1S/C19H15BrClN3S/c1-12-11-25-19(22-12)24-18(14-3-2-4-15(20)9-14)10-17(23-24)13-5-7-16(21)8-6-13/h2-9,11,18H,10H2,1H3/t18-/m0/s1. The number of hydrogen-bond acceptors (Lipinski definition) is 4. The maximum Gasteiger partial charge on any atom is 0.206 e. The van der Waals surface area contributed by atoms with Gasteiger partial charge in [-0.05, 0) is 42.3 Å². The Kier molecular flexibility index (Phi) is 4.63. The van der Waals surface area contributed by atoms with E-state index in [1.165, 1.54) is 5.56 Å². The van der Waals surface area contributed by atoms with E-state index in [0.29, 0.717) is 0 Å². The second kappa shape index (κ2) is 6.90. The van der Waals surface area contributed by atoms with Gasteiger partial charge in [-0.1, -0.05) is 51.8 Å². The van der Waals surface area contributed by atoms with Crippen molar-refractivity contribution in [2.24, 2.45) is 5.10 Å². The highest BCUT2D eigenvalue weighted by molar-refractivity contribution is 9.10. The first-order valence-corrected chi connectivity index (χ1v) is 9.95. The lowest BCUT2D eigenvalue weighted by Gasteiger charge is -2.21. The summed E-state index contributed by atoms with van der Waals surface area (Å²) in [6, 6.07) is 16.4. The zero-order valence-corrected chi connectivity index (χ0v) is 16.6. The third-order valence-corrected chi connectivity index (χ3v) is 5.82. The Hall–Kier alpha value is -1.69. The molecule has 0 radical (unpaired) electrons. The van der Waals surface area contributed by atoms with Gasteiger partial charge in [0.15, 0.2) is 0 Å². The van der Waals surface area contributed by atoms with Crippen LogP contribution in [0.4, 0.5) is 5.13 Å². The van der Waals surface area contributed by atoms with Crippen LogP contribution in [0.5, 0.6) is 0 Å². The number of halogens is 2. The number of nitrogens with zero attached hydrogens (tertiary/aromatic N) is 3. The molecule has 1 aliphatic heterocycles. The fourth-order valence-corrected chi connectivity index (χ4v) is 4.27. The number of benzene rings is 2. The molecule has 4 rings (SSSR count). The first-order valence-electron chi connectivity index (χ1n) is 7.90. The molecule has 0 aliphatic carbocycles. The van der Waals surface area contributed by atoms with Gasteiger partial charge in [0.25, 0.3) is 0 Å². The van der Waals surface area contributed by atoms with Crippen molar-refractivity contribution in [3.05, 3.63) is 80.2 Å². The number of aryl methyl sites for hydroxylation is 1. The summed E-state index contributed by atoms with van der Waals surface area (Å²) in [6.45, 7) is 2.01. The molecule has 3 aromatic rings. The van der Waals surface area contributed by atoms with Crippen molar-refractivity contribution in [2.45, 2.75) is 19.4 Å². The Morgan fingerprint density at radius 2 is 2.00 bits per heavy atom. The molecule has 6 heteroatoms. The highest BCUT2D eigenvalue weighted by atomic mass is 79.9. The van der Waals surface area contributed by atoms with Crippen LogP contribution < -0.4 is 5.01 Å². The molecule has 0 amide bonds. The van der Waals surface area contributed by atoms with Crippen molar-refractivity contribution in [1.29, 1.82) is 0 Å². The summed E-state index contributed by atoms with van der Waals surface area (Å²) < 4.78 is 1.07. The first kappa shape index (κ1) is 16.8. The third kappa shape index (κ3) is 3.50. The number of rotatable bonds is 3. The van der Waals surface area contributed by atoms with Crippen LogP contribution in [0.15, 0.2) is 63.5 Å². The quantitative estimate of drug-likeness (QED) is 0.491. The lowest BCUT2D eigenvalue weighted by Crippen LogP contribution is -2.18. The highest BCUT2D eigenvalue weighted by Crippen LogP contribution is 2.38. The molecule has 2 heterocycles. The minimum absolute atomic E-state index is 0.133. The van der Waals surface area contributed by atoms with Gasteiger partial charge in [-0.2, -0.15) is 5.10 Å². The molecule has 0 saturated heterocycles. The Balaban J connectivity index is 1.75. The van der Waals surface area contributed by atoms with Crippen LogP contribution in [0, 0.1) is 6.92 Å². The monoisotopic (exact) mass is 431 g/mol.